The van der Waals surface area contributed by atoms with E-state index >= 15 is 0 Å². The topological polar surface area (TPSA) is 17.8 Å². The van der Waals surface area contributed by atoms with Crippen molar-refractivity contribution in [3.05, 3.63) is 54.1 Å². The summed E-state index contributed by atoms with van der Waals surface area (Å²) in [6.07, 6.45) is 5.48. The van der Waals surface area contributed by atoms with Crippen LogP contribution in [0, 0.1) is 19.3 Å². The predicted octanol–water partition coefficient (Wildman–Crippen LogP) is 3.64. The molecule has 0 bridgehead atoms. The van der Waals surface area contributed by atoms with Crippen molar-refractivity contribution in [3.8, 4) is 23.7 Å². The van der Waals surface area contributed by atoms with Gasteiger partial charge in [-0.1, -0.05) is 47.9 Å². The first-order chi connectivity index (χ1) is 9.29. The second-order valence-electron chi connectivity index (χ2n) is 4.58. The van der Waals surface area contributed by atoms with Crippen molar-refractivity contribution in [2.75, 3.05) is 0 Å². The molecule has 0 saturated carbocycles. The molecule has 0 N–H and O–H groups in total. The van der Waals surface area contributed by atoms with Crippen molar-refractivity contribution in [1.29, 1.82) is 0 Å². The monoisotopic (exact) mass is 246 g/mol. The van der Waals surface area contributed by atoms with Gasteiger partial charge in [0.1, 0.15) is 5.82 Å². The Hall–Kier alpha value is -2.53. The Kier molecular flexibility index (Phi) is 2.81. The first-order valence-corrected chi connectivity index (χ1v) is 6.25. The Bertz CT molecular complexity index is 758. The van der Waals surface area contributed by atoms with Gasteiger partial charge in [0.25, 0.3) is 0 Å². The van der Waals surface area contributed by atoms with Crippen LogP contribution >= 0.6 is 0 Å². The molecule has 1 heterocycles. The first kappa shape index (κ1) is 11.6. The summed E-state index contributed by atoms with van der Waals surface area (Å²) in [7, 11) is 0. The molecule has 0 unspecified atom stereocenters. The summed E-state index contributed by atoms with van der Waals surface area (Å²) < 4.78 is 2.08. The van der Waals surface area contributed by atoms with Crippen LogP contribution in [-0.4, -0.2) is 9.55 Å². The van der Waals surface area contributed by atoms with Gasteiger partial charge in [0.2, 0.25) is 0 Å². The average Bonchev–Trinajstić information content (AvgIpc) is 2.79. The van der Waals surface area contributed by atoms with Crippen molar-refractivity contribution in [2.24, 2.45) is 0 Å². The van der Waals surface area contributed by atoms with Gasteiger partial charge in [-0.2, -0.15) is 0 Å². The highest BCUT2D eigenvalue weighted by Gasteiger charge is 2.10. The molecular weight excluding hydrogens is 232 g/mol. The fourth-order valence-electron chi connectivity index (χ4n) is 2.25. The number of imidazole rings is 1. The number of hydrogen-bond acceptors (Lipinski definition) is 1. The van der Waals surface area contributed by atoms with Crippen molar-refractivity contribution in [3.63, 3.8) is 0 Å². The van der Waals surface area contributed by atoms with Crippen molar-refractivity contribution in [2.45, 2.75) is 13.5 Å². The molecule has 3 aromatic rings. The summed E-state index contributed by atoms with van der Waals surface area (Å²) >= 11 is 0. The van der Waals surface area contributed by atoms with Gasteiger partial charge in [0.15, 0.2) is 0 Å². The summed E-state index contributed by atoms with van der Waals surface area (Å²) in [5.41, 5.74) is 4.39. The molecule has 0 aliphatic heterocycles. The standard InChI is InChI=1S/C17H14N2/c1-3-12-19-16-7-5-4-6-15(16)18-17(19)14-10-8-13(2)9-11-14/h1,4-11H,12H2,2H3. The van der Waals surface area contributed by atoms with Crippen LogP contribution in [-0.2, 0) is 6.54 Å². The minimum atomic E-state index is 0.531. The number of hydrogen-bond donors (Lipinski definition) is 0. The molecule has 19 heavy (non-hydrogen) atoms. The summed E-state index contributed by atoms with van der Waals surface area (Å²) in [5, 5.41) is 0. The van der Waals surface area contributed by atoms with Crippen LogP contribution in [0.5, 0.6) is 0 Å². The van der Waals surface area contributed by atoms with E-state index in [4.69, 9.17) is 11.4 Å². The zero-order valence-electron chi connectivity index (χ0n) is 10.8. The highest BCUT2D eigenvalue weighted by molar-refractivity contribution is 5.80. The fourth-order valence-corrected chi connectivity index (χ4v) is 2.25. The van der Waals surface area contributed by atoms with E-state index in [9.17, 15) is 0 Å². The second-order valence-corrected chi connectivity index (χ2v) is 4.58. The quantitative estimate of drug-likeness (QED) is 0.631. The van der Waals surface area contributed by atoms with Crippen molar-refractivity contribution in [1.82, 2.24) is 9.55 Å². The molecule has 0 atom stereocenters. The number of aromatic nitrogens is 2. The number of para-hydroxylation sites is 2. The second kappa shape index (κ2) is 4.62. The molecule has 0 fully saturated rings. The number of benzene rings is 2. The van der Waals surface area contributed by atoms with Crippen LogP contribution in [0.1, 0.15) is 5.56 Å². The van der Waals surface area contributed by atoms with E-state index in [1.54, 1.807) is 0 Å². The fraction of sp³-hybridized carbons (Fsp3) is 0.118. The molecule has 0 aliphatic carbocycles. The number of fused-ring (bicyclic) bond motifs is 1. The molecular formula is C17H14N2. The lowest BCUT2D eigenvalue weighted by atomic mass is 10.1. The maximum atomic E-state index is 5.48. The summed E-state index contributed by atoms with van der Waals surface area (Å²) in [6.45, 7) is 2.61. The largest absolute Gasteiger partial charge is 0.312 e. The van der Waals surface area contributed by atoms with E-state index in [-0.39, 0.29) is 0 Å². The van der Waals surface area contributed by atoms with Crippen LogP contribution in [0.25, 0.3) is 22.4 Å². The van der Waals surface area contributed by atoms with E-state index < -0.39 is 0 Å². The van der Waals surface area contributed by atoms with E-state index in [2.05, 4.69) is 47.7 Å². The zero-order chi connectivity index (χ0) is 13.2. The van der Waals surface area contributed by atoms with E-state index in [1.807, 2.05) is 18.2 Å². The number of nitrogens with zero attached hydrogens (tertiary/aromatic N) is 2. The average molecular weight is 246 g/mol. The lowest BCUT2D eigenvalue weighted by molar-refractivity contribution is 0.882. The highest BCUT2D eigenvalue weighted by Crippen LogP contribution is 2.24. The number of aryl methyl sites for hydroxylation is 1. The van der Waals surface area contributed by atoms with Crippen LogP contribution in [0.15, 0.2) is 48.5 Å². The first-order valence-electron chi connectivity index (χ1n) is 6.25. The van der Waals surface area contributed by atoms with Crippen molar-refractivity contribution >= 4 is 11.0 Å². The number of terminal acetylenes is 1. The zero-order valence-corrected chi connectivity index (χ0v) is 10.8. The molecule has 0 radical (unpaired) electrons. The Balaban J connectivity index is 2.25. The molecule has 0 spiro atoms. The van der Waals surface area contributed by atoms with E-state index in [1.165, 1.54) is 5.56 Å². The predicted molar refractivity (Wildman–Crippen MR) is 78.7 cm³/mol. The lowest BCUT2D eigenvalue weighted by Crippen LogP contribution is -1.98. The highest BCUT2D eigenvalue weighted by atomic mass is 15.1. The third kappa shape index (κ3) is 2.00. The van der Waals surface area contributed by atoms with E-state index in [0.717, 1.165) is 22.4 Å². The normalized spacial score (nSPS) is 10.5. The Morgan fingerprint density at radius 2 is 1.84 bits per heavy atom. The maximum Gasteiger partial charge on any atom is 0.141 e. The third-order valence-electron chi connectivity index (χ3n) is 3.21. The van der Waals surface area contributed by atoms with Gasteiger partial charge in [-0.3, -0.25) is 0 Å². The van der Waals surface area contributed by atoms with E-state index in [0.29, 0.717) is 6.54 Å². The van der Waals surface area contributed by atoms with Gasteiger partial charge in [-0.05, 0) is 19.1 Å². The Morgan fingerprint density at radius 1 is 1.11 bits per heavy atom. The molecule has 2 heteroatoms. The minimum absolute atomic E-state index is 0.531. The van der Waals surface area contributed by atoms with Gasteiger partial charge < -0.3 is 4.57 Å². The molecule has 1 aromatic heterocycles. The van der Waals surface area contributed by atoms with Gasteiger partial charge in [-0.25, -0.2) is 4.98 Å². The third-order valence-corrected chi connectivity index (χ3v) is 3.21. The van der Waals surface area contributed by atoms with Crippen LogP contribution < -0.4 is 0 Å². The SMILES string of the molecule is C#CCn1c(-c2ccc(C)cc2)nc2ccccc21. The number of rotatable bonds is 2. The van der Waals surface area contributed by atoms with Gasteiger partial charge in [0, 0.05) is 5.56 Å². The lowest BCUT2D eigenvalue weighted by Gasteiger charge is -2.05. The summed E-state index contributed by atoms with van der Waals surface area (Å²) in [5.74, 6) is 3.64. The summed E-state index contributed by atoms with van der Waals surface area (Å²) in [4.78, 5) is 4.70. The molecule has 3 rings (SSSR count). The van der Waals surface area contributed by atoms with Crippen LogP contribution in [0.4, 0.5) is 0 Å². The molecule has 0 amide bonds. The smallest absolute Gasteiger partial charge is 0.141 e. The maximum absolute atomic E-state index is 5.48. The molecule has 2 aromatic carbocycles. The van der Waals surface area contributed by atoms with Crippen LogP contribution in [0.3, 0.4) is 0 Å². The molecule has 0 aliphatic rings. The van der Waals surface area contributed by atoms with Gasteiger partial charge in [0.05, 0.1) is 17.6 Å². The molecule has 2 nitrogen and oxygen atoms in total. The van der Waals surface area contributed by atoms with Gasteiger partial charge in [-0.15, -0.1) is 6.42 Å². The Labute approximate surface area is 112 Å². The minimum Gasteiger partial charge on any atom is -0.312 e. The Morgan fingerprint density at radius 3 is 2.58 bits per heavy atom. The van der Waals surface area contributed by atoms with Crippen molar-refractivity contribution < 1.29 is 0 Å². The molecule has 0 saturated heterocycles. The summed E-state index contributed by atoms with van der Waals surface area (Å²) in [6, 6.07) is 16.4. The van der Waals surface area contributed by atoms with Crippen LogP contribution in [0.2, 0.25) is 0 Å². The van der Waals surface area contributed by atoms with Gasteiger partial charge >= 0.3 is 0 Å². The molecule has 92 valence electrons.